The Balaban J connectivity index is 1.28. The predicted octanol–water partition coefficient (Wildman–Crippen LogP) is 5.87. The van der Waals surface area contributed by atoms with Gasteiger partial charge in [0.25, 0.3) is 0 Å². The van der Waals surface area contributed by atoms with E-state index in [1.165, 1.54) is 61.8 Å². The van der Waals surface area contributed by atoms with E-state index in [0.29, 0.717) is 16.6 Å². The molecule has 200 valence electrons. The number of methoxy groups -OCH3 is 1. The van der Waals surface area contributed by atoms with Crippen molar-refractivity contribution in [3.8, 4) is 23.0 Å². The van der Waals surface area contributed by atoms with Gasteiger partial charge in [-0.2, -0.15) is 0 Å². The summed E-state index contributed by atoms with van der Waals surface area (Å²) in [7, 11) is 1.42. The Morgan fingerprint density at radius 1 is 0.872 bits per heavy atom. The van der Waals surface area contributed by atoms with E-state index in [-0.39, 0.29) is 34.6 Å². The van der Waals surface area contributed by atoms with Gasteiger partial charge in [0, 0.05) is 35.1 Å². The lowest BCUT2D eigenvalue weighted by atomic mass is 10.1. The van der Waals surface area contributed by atoms with Crippen LogP contribution in [0.25, 0.3) is 10.9 Å². The summed E-state index contributed by atoms with van der Waals surface area (Å²) in [6.07, 6.45) is 1.49. The Kier molecular flexibility index (Phi) is 6.55. The number of nitrogens with one attached hydrogen (secondary N) is 2. The summed E-state index contributed by atoms with van der Waals surface area (Å²) in [6, 6.07) is 13.8. The monoisotopic (exact) mass is 533 g/mol. The molecule has 1 aliphatic carbocycles. The summed E-state index contributed by atoms with van der Waals surface area (Å²) in [5.41, 5.74) is 0.493. The molecule has 1 fully saturated rings. The summed E-state index contributed by atoms with van der Waals surface area (Å²) in [4.78, 5) is 30.0. The first-order valence-corrected chi connectivity index (χ1v) is 12.1. The summed E-state index contributed by atoms with van der Waals surface area (Å²) in [5.74, 6) is -2.86. The molecule has 0 aliphatic heterocycles. The van der Waals surface area contributed by atoms with Crippen molar-refractivity contribution >= 4 is 34.1 Å². The molecule has 2 atom stereocenters. The number of fused-ring (bicyclic) bond motifs is 1. The molecule has 0 saturated heterocycles. The smallest absolute Gasteiger partial charge is 0.228 e. The number of anilines is 2. The van der Waals surface area contributed by atoms with Crippen molar-refractivity contribution in [2.45, 2.75) is 13.8 Å². The normalized spacial score (nSPS) is 17.4. The van der Waals surface area contributed by atoms with Crippen LogP contribution in [0.15, 0.2) is 66.9 Å². The van der Waals surface area contributed by atoms with Crippen LogP contribution < -0.4 is 20.1 Å². The number of hydrogen-bond donors (Lipinski definition) is 3. The number of aromatic nitrogens is 1. The Hall–Kier alpha value is -4.73. The van der Waals surface area contributed by atoms with Crippen LogP contribution in [0.2, 0.25) is 0 Å². The number of rotatable bonds is 7. The van der Waals surface area contributed by atoms with Crippen molar-refractivity contribution in [1.82, 2.24) is 4.98 Å². The molecular formula is C29H25F2N3O5. The number of nitrogens with zero attached hydrogens (tertiary/aromatic N) is 1. The molecule has 0 bridgehead atoms. The van der Waals surface area contributed by atoms with Crippen molar-refractivity contribution in [3.05, 3.63) is 78.5 Å². The molecule has 3 N–H and O–H groups in total. The minimum Gasteiger partial charge on any atom is -0.504 e. The highest BCUT2D eigenvalue weighted by Crippen LogP contribution is 2.59. The minimum absolute atomic E-state index is 0.0980. The molecular weight excluding hydrogens is 508 g/mol. The molecule has 1 saturated carbocycles. The first kappa shape index (κ1) is 25.9. The fourth-order valence-electron chi connectivity index (χ4n) is 4.76. The number of carbonyl (C=O) groups excluding carboxylic acids is 2. The van der Waals surface area contributed by atoms with Gasteiger partial charge in [0.1, 0.15) is 11.6 Å². The second-order valence-corrected chi connectivity index (χ2v) is 9.86. The van der Waals surface area contributed by atoms with Gasteiger partial charge >= 0.3 is 0 Å². The molecule has 0 unspecified atom stereocenters. The van der Waals surface area contributed by atoms with Crippen molar-refractivity contribution in [2.75, 3.05) is 17.7 Å². The molecule has 1 aliphatic rings. The van der Waals surface area contributed by atoms with Crippen molar-refractivity contribution in [2.24, 2.45) is 17.3 Å². The Bertz CT molecular complexity index is 1590. The predicted molar refractivity (Wildman–Crippen MR) is 141 cm³/mol. The van der Waals surface area contributed by atoms with Gasteiger partial charge in [-0.25, -0.2) is 8.78 Å². The number of phenolic OH excluding ortho intramolecular Hbond substituents is 1. The van der Waals surface area contributed by atoms with Gasteiger partial charge in [0.15, 0.2) is 23.1 Å². The quantitative estimate of drug-likeness (QED) is 0.274. The molecule has 1 aromatic heterocycles. The molecule has 8 nitrogen and oxygen atoms in total. The van der Waals surface area contributed by atoms with Gasteiger partial charge in [-0.1, -0.05) is 13.8 Å². The maximum absolute atomic E-state index is 15.0. The molecule has 10 heteroatoms. The fourth-order valence-corrected chi connectivity index (χ4v) is 4.76. The molecule has 1 heterocycles. The average Bonchev–Trinajstić information content (AvgIpc) is 3.49. The lowest BCUT2D eigenvalue weighted by molar-refractivity contribution is -0.122. The Morgan fingerprint density at radius 2 is 1.51 bits per heavy atom. The van der Waals surface area contributed by atoms with Gasteiger partial charge in [-0.05, 0) is 53.9 Å². The van der Waals surface area contributed by atoms with E-state index < -0.39 is 34.8 Å². The highest BCUT2D eigenvalue weighted by Gasteiger charge is 2.65. The third kappa shape index (κ3) is 5.05. The number of amides is 2. The van der Waals surface area contributed by atoms with Crippen LogP contribution in [0.3, 0.4) is 0 Å². The molecule has 4 aromatic rings. The van der Waals surface area contributed by atoms with Crippen molar-refractivity contribution in [3.63, 3.8) is 0 Å². The maximum atomic E-state index is 15.0. The van der Waals surface area contributed by atoms with Crippen LogP contribution in [-0.4, -0.2) is 29.0 Å². The molecule has 3 aromatic carbocycles. The largest absolute Gasteiger partial charge is 0.504 e. The van der Waals surface area contributed by atoms with Gasteiger partial charge < -0.3 is 25.2 Å². The topological polar surface area (TPSA) is 110 Å². The van der Waals surface area contributed by atoms with Crippen LogP contribution in [0, 0.1) is 28.9 Å². The van der Waals surface area contributed by atoms with Crippen LogP contribution in [0.4, 0.5) is 20.2 Å². The molecule has 5 rings (SSSR count). The standard InChI is InChI=1S/C29H25F2N3O5/c1-29(2)25(27(36)33-16-6-4-15(30)5-7-16)26(29)28(37)34-17-8-9-23(19(31)12-17)39-22-10-11-32-20-14-24(38-3)21(35)13-18(20)22/h4-14,25-26,35H,1-3H3,(H,33,36)(H,34,37)/t25-,26+/m0/s1. The van der Waals surface area contributed by atoms with Crippen LogP contribution >= 0.6 is 0 Å². The highest BCUT2D eigenvalue weighted by atomic mass is 19.1. The summed E-state index contributed by atoms with van der Waals surface area (Å²) in [5, 5.41) is 16.0. The van der Waals surface area contributed by atoms with Crippen molar-refractivity contribution < 1.29 is 33.0 Å². The molecule has 2 amide bonds. The number of aromatic hydroxyl groups is 1. The number of hydrogen-bond acceptors (Lipinski definition) is 6. The van der Waals surface area contributed by atoms with Crippen molar-refractivity contribution in [1.29, 1.82) is 0 Å². The molecule has 0 spiro atoms. The van der Waals surface area contributed by atoms with E-state index >= 15 is 0 Å². The summed E-state index contributed by atoms with van der Waals surface area (Å²) in [6.45, 7) is 3.60. The van der Waals surface area contributed by atoms with E-state index in [2.05, 4.69) is 15.6 Å². The van der Waals surface area contributed by atoms with E-state index in [1.807, 2.05) is 0 Å². The van der Waals surface area contributed by atoms with Gasteiger partial charge in [-0.3, -0.25) is 14.6 Å². The highest BCUT2D eigenvalue weighted by molar-refractivity contribution is 6.04. The zero-order valence-electron chi connectivity index (χ0n) is 21.3. The van der Waals surface area contributed by atoms with Crippen LogP contribution in [0.1, 0.15) is 13.8 Å². The van der Waals surface area contributed by atoms with Gasteiger partial charge in [0.2, 0.25) is 11.8 Å². The Labute approximate surface area is 222 Å². The zero-order chi connectivity index (χ0) is 27.9. The third-order valence-corrected chi connectivity index (χ3v) is 6.93. The SMILES string of the molecule is COc1cc2nccc(Oc3ccc(NC(=O)[C@H]4[C@@H](C(=O)Nc5ccc(F)cc5)C4(C)C)cc3F)c2cc1O. The number of pyridine rings is 1. The van der Waals surface area contributed by atoms with Gasteiger partial charge in [0.05, 0.1) is 24.5 Å². The number of ether oxygens (including phenoxy) is 2. The second-order valence-electron chi connectivity index (χ2n) is 9.86. The number of benzene rings is 3. The lowest BCUT2D eigenvalue weighted by Crippen LogP contribution is -2.20. The van der Waals surface area contributed by atoms with Crippen LogP contribution in [0.5, 0.6) is 23.0 Å². The number of carbonyl (C=O) groups is 2. The first-order valence-electron chi connectivity index (χ1n) is 12.1. The zero-order valence-corrected chi connectivity index (χ0v) is 21.3. The minimum atomic E-state index is -0.726. The fraction of sp³-hybridized carbons (Fsp3) is 0.207. The number of phenols is 1. The average molecular weight is 534 g/mol. The van der Waals surface area contributed by atoms with E-state index in [4.69, 9.17) is 9.47 Å². The first-order chi connectivity index (χ1) is 18.6. The number of halogens is 2. The molecule has 39 heavy (non-hydrogen) atoms. The van der Waals surface area contributed by atoms with Crippen LogP contribution in [-0.2, 0) is 9.59 Å². The van der Waals surface area contributed by atoms with E-state index in [0.717, 1.165) is 6.07 Å². The summed E-state index contributed by atoms with van der Waals surface area (Å²) >= 11 is 0. The molecule has 0 radical (unpaired) electrons. The maximum Gasteiger partial charge on any atom is 0.228 e. The lowest BCUT2D eigenvalue weighted by Gasteiger charge is -2.12. The van der Waals surface area contributed by atoms with Gasteiger partial charge in [-0.15, -0.1) is 0 Å². The second kappa shape index (κ2) is 9.86. The van der Waals surface area contributed by atoms with E-state index in [1.54, 1.807) is 19.9 Å². The van der Waals surface area contributed by atoms with E-state index in [9.17, 15) is 23.5 Å². The summed E-state index contributed by atoms with van der Waals surface area (Å²) < 4.78 is 39.0. The third-order valence-electron chi connectivity index (χ3n) is 6.93. The Morgan fingerprint density at radius 3 is 2.15 bits per heavy atom.